The number of benzene rings is 2. The van der Waals surface area contributed by atoms with E-state index < -0.39 is 53.8 Å². The second-order valence-electron chi connectivity index (χ2n) is 12.2. The van der Waals surface area contributed by atoms with E-state index in [1.54, 1.807) is 11.0 Å². The van der Waals surface area contributed by atoms with Crippen molar-refractivity contribution in [1.82, 2.24) is 18.9 Å². The van der Waals surface area contributed by atoms with E-state index in [2.05, 4.69) is 5.32 Å². The molecule has 1 aliphatic heterocycles. The molecule has 3 amide bonds. The molecule has 5 rings (SSSR count). The number of halogens is 3. The van der Waals surface area contributed by atoms with Crippen molar-refractivity contribution in [3.8, 4) is 5.75 Å². The van der Waals surface area contributed by atoms with Crippen LogP contribution in [-0.4, -0.2) is 81.3 Å². The summed E-state index contributed by atoms with van der Waals surface area (Å²) in [6.07, 6.45) is 2.81. The van der Waals surface area contributed by atoms with Crippen LogP contribution < -0.4 is 15.6 Å². The van der Waals surface area contributed by atoms with Crippen molar-refractivity contribution in [2.45, 2.75) is 44.9 Å². The number of nitrogens with zero attached hydrogens (tertiary/aromatic N) is 4. The monoisotopic (exact) mass is 723 g/mol. The van der Waals surface area contributed by atoms with E-state index in [0.29, 0.717) is 19.2 Å². The fourth-order valence-corrected chi connectivity index (χ4v) is 5.66. The number of likely N-dealkylation sites (tertiary alicyclic amines) is 1. The average molecular weight is 724 g/mol. The maximum Gasteiger partial charge on any atom is 0.416 e. The van der Waals surface area contributed by atoms with Crippen LogP contribution in [0.2, 0.25) is 0 Å². The number of fused-ring (bicyclic) bond motifs is 1. The smallest absolute Gasteiger partial charge is 0.416 e. The third-order valence-corrected chi connectivity index (χ3v) is 8.28. The number of anilines is 1. The Morgan fingerprint density at radius 1 is 1.02 bits per heavy atom. The highest BCUT2D eigenvalue weighted by molar-refractivity contribution is 5.96. The number of carboxylic acid groups (broad SMARTS) is 1. The Kier molecular flexibility index (Phi) is 11.7. The minimum atomic E-state index is -1.49. The Morgan fingerprint density at radius 3 is 2.46 bits per heavy atom. The zero-order valence-electron chi connectivity index (χ0n) is 28.3. The fraction of sp³-hybridized carbons (Fsp3) is 0.306. The lowest BCUT2D eigenvalue weighted by molar-refractivity contribution is -0.125. The molecule has 1 aliphatic rings. The SMILES string of the molecule is CN(C)C(=O)OC(CCC=CC(=O)N1CCCC1)C(=O)Nc1cccn(Cc2cc3cc(F)cc(OCc4ccc(F)cc4F)c3n2C(=O)O)c1=O. The van der Waals surface area contributed by atoms with Crippen molar-refractivity contribution < 1.29 is 46.9 Å². The maximum absolute atomic E-state index is 14.6. The van der Waals surface area contributed by atoms with Crippen molar-refractivity contribution in [2.75, 3.05) is 32.5 Å². The summed E-state index contributed by atoms with van der Waals surface area (Å²) in [5.74, 6) is -3.69. The van der Waals surface area contributed by atoms with Gasteiger partial charge in [-0.3, -0.25) is 14.4 Å². The first kappa shape index (κ1) is 37.2. The van der Waals surface area contributed by atoms with Gasteiger partial charge in [0.15, 0.2) is 6.10 Å². The summed E-state index contributed by atoms with van der Waals surface area (Å²) < 4.78 is 55.1. The van der Waals surface area contributed by atoms with E-state index in [1.165, 1.54) is 44.6 Å². The first-order valence-electron chi connectivity index (χ1n) is 16.3. The number of aromatic nitrogens is 2. The first-order chi connectivity index (χ1) is 24.8. The third kappa shape index (κ3) is 8.80. The number of rotatable bonds is 12. The zero-order valence-corrected chi connectivity index (χ0v) is 28.3. The number of pyridine rings is 1. The maximum atomic E-state index is 14.6. The van der Waals surface area contributed by atoms with Gasteiger partial charge in [-0.1, -0.05) is 6.08 Å². The predicted octanol–water partition coefficient (Wildman–Crippen LogP) is 5.34. The summed E-state index contributed by atoms with van der Waals surface area (Å²) in [4.78, 5) is 66.9. The highest BCUT2D eigenvalue weighted by atomic mass is 19.1. The quantitative estimate of drug-likeness (QED) is 0.186. The highest BCUT2D eigenvalue weighted by Gasteiger charge is 2.26. The van der Waals surface area contributed by atoms with Crippen molar-refractivity contribution >= 4 is 40.6 Å². The molecule has 1 saturated heterocycles. The normalized spacial score (nSPS) is 13.4. The lowest BCUT2D eigenvalue weighted by atomic mass is 10.1. The topological polar surface area (TPSA) is 152 Å². The standard InChI is InChI=1S/C36H36F3N5O8/c1-41(2)36(50)52-29(9-3-4-10-31(45)42-13-5-6-14-42)33(46)40-28-8-7-15-43(34(28)47)20-26-17-23-16-25(38)19-30(32(23)44(26)35(48)49)51-21-22-11-12-24(37)18-27(22)39/h4,7-8,10-12,15-19,29H,3,5-6,9,13-14,20-21H2,1-2H3,(H,40,46)(H,48,49). The van der Waals surface area contributed by atoms with Crippen molar-refractivity contribution in [1.29, 1.82) is 0 Å². The Bertz CT molecular complexity index is 2090. The number of carbonyl (C=O) groups excluding carboxylic acids is 3. The molecular formula is C36H36F3N5O8. The molecule has 3 heterocycles. The van der Waals surface area contributed by atoms with Crippen LogP contribution in [0.4, 0.5) is 28.4 Å². The number of hydrogen-bond acceptors (Lipinski definition) is 7. The molecular weight excluding hydrogens is 687 g/mol. The van der Waals surface area contributed by atoms with Crippen LogP contribution >= 0.6 is 0 Å². The van der Waals surface area contributed by atoms with Crippen LogP contribution in [0, 0.1) is 17.5 Å². The van der Waals surface area contributed by atoms with Gasteiger partial charge in [0.25, 0.3) is 11.5 Å². The van der Waals surface area contributed by atoms with Gasteiger partial charge in [0.05, 0.1) is 12.2 Å². The van der Waals surface area contributed by atoms with E-state index in [1.807, 2.05) is 0 Å². The van der Waals surface area contributed by atoms with Crippen LogP contribution in [0.1, 0.15) is 36.9 Å². The van der Waals surface area contributed by atoms with Gasteiger partial charge in [-0.15, -0.1) is 0 Å². The highest BCUT2D eigenvalue weighted by Crippen LogP contribution is 2.32. The Balaban J connectivity index is 1.36. The number of hydrogen-bond donors (Lipinski definition) is 2. The summed E-state index contributed by atoms with van der Waals surface area (Å²) in [5, 5.41) is 12.8. The number of allylic oxidation sites excluding steroid dienone is 1. The van der Waals surface area contributed by atoms with Gasteiger partial charge in [0, 0.05) is 56.5 Å². The molecule has 52 heavy (non-hydrogen) atoms. The number of amides is 3. The van der Waals surface area contributed by atoms with Gasteiger partial charge in [-0.2, -0.15) is 0 Å². The van der Waals surface area contributed by atoms with Crippen LogP contribution in [0.5, 0.6) is 5.75 Å². The molecule has 0 bridgehead atoms. The molecule has 1 atom stereocenters. The summed E-state index contributed by atoms with van der Waals surface area (Å²) >= 11 is 0. The van der Waals surface area contributed by atoms with Crippen molar-refractivity contribution in [3.05, 3.63) is 106 Å². The molecule has 274 valence electrons. The van der Waals surface area contributed by atoms with Crippen LogP contribution in [-0.2, 0) is 27.5 Å². The fourth-order valence-electron chi connectivity index (χ4n) is 5.66. The molecule has 0 spiro atoms. The van der Waals surface area contributed by atoms with Gasteiger partial charge >= 0.3 is 12.2 Å². The number of nitrogens with one attached hydrogen (secondary N) is 1. The third-order valence-electron chi connectivity index (χ3n) is 8.28. The molecule has 0 aliphatic carbocycles. The molecule has 2 N–H and O–H groups in total. The molecule has 0 radical (unpaired) electrons. The van der Waals surface area contributed by atoms with E-state index in [0.717, 1.165) is 51.1 Å². The van der Waals surface area contributed by atoms with Gasteiger partial charge in [0.1, 0.15) is 41.0 Å². The molecule has 1 fully saturated rings. The van der Waals surface area contributed by atoms with Crippen LogP contribution in [0.3, 0.4) is 0 Å². The zero-order chi connectivity index (χ0) is 37.5. The summed E-state index contributed by atoms with van der Waals surface area (Å²) in [6, 6.07) is 8.90. The Labute approximate surface area is 295 Å². The van der Waals surface area contributed by atoms with E-state index in [4.69, 9.17) is 9.47 Å². The Morgan fingerprint density at radius 2 is 1.77 bits per heavy atom. The lowest BCUT2D eigenvalue weighted by Gasteiger charge is -2.20. The van der Waals surface area contributed by atoms with Crippen molar-refractivity contribution in [3.63, 3.8) is 0 Å². The van der Waals surface area contributed by atoms with E-state index in [-0.39, 0.29) is 58.9 Å². The average Bonchev–Trinajstić information content (AvgIpc) is 3.76. The molecule has 1 unspecified atom stereocenters. The minimum Gasteiger partial charge on any atom is -0.486 e. The van der Waals surface area contributed by atoms with Gasteiger partial charge < -0.3 is 34.3 Å². The van der Waals surface area contributed by atoms with E-state index in [9.17, 15) is 42.3 Å². The van der Waals surface area contributed by atoms with Gasteiger partial charge in [-0.05, 0) is 68.2 Å². The summed E-state index contributed by atoms with van der Waals surface area (Å²) in [6.45, 7) is 0.532. The molecule has 0 saturated carbocycles. The Hall–Kier alpha value is -6.06. The van der Waals surface area contributed by atoms with E-state index >= 15 is 0 Å². The van der Waals surface area contributed by atoms with Gasteiger partial charge in [0.2, 0.25) is 5.91 Å². The van der Waals surface area contributed by atoms with Crippen LogP contribution in [0.15, 0.2) is 71.7 Å². The molecule has 2 aromatic carbocycles. The largest absolute Gasteiger partial charge is 0.486 e. The van der Waals surface area contributed by atoms with Crippen LogP contribution in [0.25, 0.3) is 10.9 Å². The summed E-state index contributed by atoms with van der Waals surface area (Å²) in [7, 11) is 2.88. The molecule has 16 heteroatoms. The second kappa shape index (κ2) is 16.3. The number of carbonyl (C=O) groups is 4. The molecule has 13 nitrogen and oxygen atoms in total. The minimum absolute atomic E-state index is 0.00367. The summed E-state index contributed by atoms with van der Waals surface area (Å²) in [5.41, 5.74) is -1.05. The lowest BCUT2D eigenvalue weighted by Crippen LogP contribution is -2.37. The molecule has 4 aromatic rings. The first-order valence-corrected chi connectivity index (χ1v) is 16.3. The molecule has 2 aromatic heterocycles. The van der Waals surface area contributed by atoms with Gasteiger partial charge in [-0.25, -0.2) is 27.3 Å². The number of ether oxygens (including phenoxy) is 2. The van der Waals surface area contributed by atoms with Crippen molar-refractivity contribution in [2.24, 2.45) is 0 Å². The predicted molar refractivity (Wildman–Crippen MR) is 183 cm³/mol. The second-order valence-corrected chi connectivity index (χ2v) is 12.2.